The van der Waals surface area contributed by atoms with Gasteiger partial charge in [0, 0.05) is 11.3 Å². The van der Waals surface area contributed by atoms with E-state index in [1.807, 2.05) is 6.07 Å². The molecule has 0 spiro atoms. The quantitative estimate of drug-likeness (QED) is 0.484. The van der Waals surface area contributed by atoms with Gasteiger partial charge in [-0.15, -0.1) is 11.8 Å². The van der Waals surface area contributed by atoms with Crippen LogP contribution in [0.5, 0.6) is 5.75 Å². The summed E-state index contributed by atoms with van der Waals surface area (Å²) in [4.78, 5) is 4.17. The maximum absolute atomic E-state index is 12.8. The average Bonchev–Trinajstić information content (AvgIpc) is 2.69. The summed E-state index contributed by atoms with van der Waals surface area (Å²) < 4.78 is 22.9. The fourth-order valence-corrected chi connectivity index (χ4v) is 3.25. The number of pyridine rings is 1. The number of anilines is 1. The van der Waals surface area contributed by atoms with Crippen molar-refractivity contribution in [3.63, 3.8) is 0 Å². The number of halogens is 1. The van der Waals surface area contributed by atoms with Crippen LogP contribution in [0.1, 0.15) is 18.1 Å². The first kappa shape index (κ1) is 21.5. The van der Waals surface area contributed by atoms with Crippen LogP contribution >= 0.6 is 11.8 Å². The molecule has 9 heteroatoms. The number of hydrogen-bond donors (Lipinski definition) is 2. The Hall–Kier alpha value is -2.85. The van der Waals surface area contributed by atoms with E-state index in [1.54, 1.807) is 24.3 Å². The number of benzene rings is 1. The largest absolute Gasteiger partial charge is 0.491 e. The number of nitrogens with two attached hydrogens (primary N) is 1. The van der Waals surface area contributed by atoms with E-state index in [4.69, 9.17) is 20.3 Å². The van der Waals surface area contributed by atoms with Crippen molar-refractivity contribution < 1.29 is 19.0 Å². The van der Waals surface area contributed by atoms with Crippen molar-refractivity contribution in [1.29, 1.82) is 10.5 Å². The molecule has 1 unspecified atom stereocenters. The lowest BCUT2D eigenvalue weighted by molar-refractivity contribution is -0.0161. The third kappa shape index (κ3) is 5.33. The maximum Gasteiger partial charge on any atom is 0.195 e. The first-order valence-electron chi connectivity index (χ1n) is 8.38. The molecule has 0 radical (unpaired) electrons. The molecule has 2 rings (SSSR count). The van der Waals surface area contributed by atoms with Crippen molar-refractivity contribution in [3.05, 3.63) is 35.4 Å². The fourth-order valence-electron chi connectivity index (χ4n) is 2.42. The highest BCUT2D eigenvalue weighted by molar-refractivity contribution is 7.99. The van der Waals surface area contributed by atoms with Gasteiger partial charge in [0.15, 0.2) is 6.36 Å². The van der Waals surface area contributed by atoms with Crippen LogP contribution in [0, 0.1) is 22.7 Å². The summed E-state index contributed by atoms with van der Waals surface area (Å²) in [7, 11) is 0. The van der Waals surface area contributed by atoms with Crippen molar-refractivity contribution in [2.24, 2.45) is 0 Å². The van der Waals surface area contributed by atoms with E-state index in [0.29, 0.717) is 27.7 Å². The molecule has 1 aromatic heterocycles. The minimum atomic E-state index is -1.38. The first-order valence-corrected chi connectivity index (χ1v) is 9.36. The van der Waals surface area contributed by atoms with Gasteiger partial charge in [0.05, 0.1) is 18.8 Å². The van der Waals surface area contributed by atoms with Gasteiger partial charge in [-0.3, -0.25) is 0 Å². The molecule has 0 bridgehead atoms. The van der Waals surface area contributed by atoms with Crippen LogP contribution in [0.15, 0.2) is 29.3 Å². The number of thioether (sulfide) groups is 1. The Kier molecular flexibility index (Phi) is 8.02. The highest BCUT2D eigenvalue weighted by Crippen LogP contribution is 2.36. The molecule has 146 valence electrons. The monoisotopic (exact) mass is 402 g/mol. The standard InChI is InChI=1S/C19H19FN4O3S/c1-12(20)26-8-9-28-19-16(11-22)17(15(10-21)18(23)24-19)13-2-4-14(5-3-13)27-7-6-25/h2-5,12,25H,6-9H2,1H3,(H2,23,24). The minimum absolute atomic E-state index is 0.0133. The van der Waals surface area contributed by atoms with Crippen molar-refractivity contribution in [2.45, 2.75) is 18.3 Å². The lowest BCUT2D eigenvalue weighted by Crippen LogP contribution is -2.06. The summed E-state index contributed by atoms with van der Waals surface area (Å²) in [5.41, 5.74) is 7.26. The number of nitriles is 2. The Morgan fingerprint density at radius 1 is 1.21 bits per heavy atom. The van der Waals surface area contributed by atoms with Crippen molar-refractivity contribution in [3.8, 4) is 29.0 Å². The number of nitrogen functional groups attached to an aromatic ring is 1. The van der Waals surface area contributed by atoms with Crippen LogP contribution in [0.25, 0.3) is 11.1 Å². The van der Waals surface area contributed by atoms with Crippen LogP contribution < -0.4 is 10.5 Å². The van der Waals surface area contributed by atoms with E-state index in [-0.39, 0.29) is 36.8 Å². The van der Waals surface area contributed by atoms with Gasteiger partial charge >= 0.3 is 0 Å². The molecule has 1 aromatic carbocycles. The predicted octanol–water partition coefficient (Wildman–Crippen LogP) is 2.87. The number of rotatable bonds is 9. The molecule has 28 heavy (non-hydrogen) atoms. The predicted molar refractivity (Wildman–Crippen MR) is 103 cm³/mol. The number of aliphatic hydroxyl groups excluding tert-OH is 1. The van der Waals surface area contributed by atoms with Crippen LogP contribution in [0.4, 0.5) is 10.2 Å². The average molecular weight is 402 g/mol. The Balaban J connectivity index is 2.41. The van der Waals surface area contributed by atoms with Gasteiger partial charge in [-0.05, 0) is 24.6 Å². The second-order valence-electron chi connectivity index (χ2n) is 5.51. The van der Waals surface area contributed by atoms with Gasteiger partial charge in [0.1, 0.15) is 40.9 Å². The van der Waals surface area contributed by atoms with E-state index >= 15 is 0 Å². The topological polar surface area (TPSA) is 125 Å². The van der Waals surface area contributed by atoms with Crippen LogP contribution in [-0.2, 0) is 4.74 Å². The van der Waals surface area contributed by atoms with Crippen molar-refractivity contribution in [2.75, 3.05) is 31.3 Å². The number of aromatic nitrogens is 1. The molecule has 0 aliphatic carbocycles. The zero-order valence-electron chi connectivity index (χ0n) is 15.2. The van der Waals surface area contributed by atoms with E-state index in [2.05, 4.69) is 11.1 Å². The SMILES string of the molecule is CC(F)OCCSc1nc(N)c(C#N)c(-c2ccc(OCCO)cc2)c1C#N. The second kappa shape index (κ2) is 10.5. The van der Waals surface area contributed by atoms with Crippen LogP contribution in [-0.4, -0.2) is 42.0 Å². The summed E-state index contributed by atoms with van der Waals surface area (Å²) in [6.45, 7) is 1.48. The molecule has 0 fully saturated rings. The number of nitrogens with zero attached hydrogens (tertiary/aromatic N) is 3. The summed E-state index contributed by atoms with van der Waals surface area (Å²) >= 11 is 1.20. The van der Waals surface area contributed by atoms with E-state index in [1.165, 1.54) is 18.7 Å². The first-order chi connectivity index (χ1) is 13.5. The molecule has 0 saturated carbocycles. The molecular formula is C19H19FN4O3S. The molecule has 3 N–H and O–H groups in total. The second-order valence-corrected chi connectivity index (χ2v) is 6.59. The van der Waals surface area contributed by atoms with Gasteiger partial charge in [0.25, 0.3) is 0 Å². The zero-order valence-corrected chi connectivity index (χ0v) is 16.0. The summed E-state index contributed by atoms with van der Waals surface area (Å²) in [5, 5.41) is 28.4. The van der Waals surface area contributed by atoms with Crippen LogP contribution in [0.2, 0.25) is 0 Å². The molecule has 0 aliphatic heterocycles. The lowest BCUT2D eigenvalue weighted by atomic mass is 9.97. The molecule has 0 aliphatic rings. The number of ether oxygens (including phenoxy) is 2. The van der Waals surface area contributed by atoms with E-state index < -0.39 is 6.36 Å². The molecule has 0 amide bonds. The summed E-state index contributed by atoms with van der Waals surface area (Å²) in [6.07, 6.45) is -1.38. The number of alkyl halides is 1. The van der Waals surface area contributed by atoms with Gasteiger partial charge in [-0.2, -0.15) is 10.5 Å². The Bertz CT molecular complexity index is 892. The third-order valence-corrected chi connectivity index (χ3v) is 4.53. The third-order valence-electron chi connectivity index (χ3n) is 3.59. The van der Waals surface area contributed by atoms with E-state index in [9.17, 15) is 14.9 Å². The van der Waals surface area contributed by atoms with Gasteiger partial charge < -0.3 is 20.3 Å². The fraction of sp³-hybridized carbons (Fsp3) is 0.316. The Morgan fingerprint density at radius 3 is 2.46 bits per heavy atom. The van der Waals surface area contributed by atoms with Gasteiger partial charge in [-0.1, -0.05) is 12.1 Å². The van der Waals surface area contributed by atoms with Crippen molar-refractivity contribution >= 4 is 17.6 Å². The Morgan fingerprint density at radius 2 is 1.89 bits per heavy atom. The van der Waals surface area contributed by atoms with Crippen molar-refractivity contribution in [1.82, 2.24) is 4.98 Å². The minimum Gasteiger partial charge on any atom is -0.491 e. The van der Waals surface area contributed by atoms with E-state index in [0.717, 1.165) is 0 Å². The highest BCUT2D eigenvalue weighted by atomic mass is 32.2. The lowest BCUT2D eigenvalue weighted by Gasteiger charge is -2.13. The van der Waals surface area contributed by atoms with Gasteiger partial charge in [-0.25, -0.2) is 9.37 Å². The Labute approximate surface area is 166 Å². The van der Waals surface area contributed by atoms with Crippen LogP contribution in [0.3, 0.4) is 0 Å². The zero-order chi connectivity index (χ0) is 20.5. The molecule has 1 heterocycles. The summed E-state index contributed by atoms with van der Waals surface area (Å²) in [5.74, 6) is 0.928. The molecular weight excluding hydrogens is 383 g/mol. The normalized spacial score (nSPS) is 11.5. The molecule has 1 atom stereocenters. The number of aliphatic hydroxyl groups is 1. The number of hydrogen-bond acceptors (Lipinski definition) is 8. The van der Waals surface area contributed by atoms with Gasteiger partial charge in [0.2, 0.25) is 0 Å². The highest BCUT2D eigenvalue weighted by Gasteiger charge is 2.20. The maximum atomic E-state index is 12.8. The smallest absolute Gasteiger partial charge is 0.195 e. The molecule has 7 nitrogen and oxygen atoms in total. The summed E-state index contributed by atoms with van der Waals surface area (Å²) in [6, 6.07) is 10.9. The molecule has 2 aromatic rings. The molecule has 0 saturated heterocycles.